The van der Waals surface area contributed by atoms with E-state index in [1.165, 1.54) is 14.2 Å². The highest BCUT2D eigenvalue weighted by Crippen LogP contribution is 2.09. The Bertz CT molecular complexity index is 374. The van der Waals surface area contributed by atoms with E-state index in [-0.39, 0.29) is 6.54 Å². The fourth-order valence-corrected chi connectivity index (χ4v) is 0.933. The van der Waals surface area contributed by atoms with Gasteiger partial charge in [0.2, 0.25) is 5.82 Å². The fourth-order valence-electron chi connectivity index (χ4n) is 0.933. The van der Waals surface area contributed by atoms with E-state index in [1.54, 1.807) is 0 Å². The topological polar surface area (TPSA) is 116 Å². The Morgan fingerprint density at radius 3 is 2.94 bits per heavy atom. The summed E-state index contributed by atoms with van der Waals surface area (Å²) in [5.41, 5.74) is 0.529. The van der Waals surface area contributed by atoms with Crippen LogP contribution in [0.4, 0.5) is 0 Å². The lowest BCUT2D eigenvalue weighted by molar-refractivity contribution is -0.127. The van der Waals surface area contributed by atoms with E-state index in [0.29, 0.717) is 11.4 Å². The third-order valence-electron chi connectivity index (χ3n) is 1.62. The molecule has 2 N–H and O–H groups in total. The van der Waals surface area contributed by atoms with E-state index < -0.39 is 0 Å². The van der Waals surface area contributed by atoms with Crippen molar-refractivity contribution < 1.29 is 9.68 Å². The Balaban J connectivity index is 2.71. The van der Waals surface area contributed by atoms with Crippen LogP contribution in [0, 0.1) is 0 Å². The summed E-state index contributed by atoms with van der Waals surface area (Å²) in [7, 11) is 2.85. The van der Waals surface area contributed by atoms with E-state index in [1.807, 2.05) is 0 Å². The predicted octanol–water partition coefficient (Wildman–Crippen LogP) is -1.15. The van der Waals surface area contributed by atoms with Crippen molar-refractivity contribution in [2.45, 2.75) is 0 Å². The molecule has 0 aliphatic heterocycles. The molecule has 0 radical (unpaired) electrons. The van der Waals surface area contributed by atoms with Crippen LogP contribution in [-0.4, -0.2) is 46.3 Å². The Hall–Kier alpha value is -2.23. The molecule has 16 heavy (non-hydrogen) atoms. The number of hydrogen-bond acceptors (Lipinski definition) is 7. The van der Waals surface area contributed by atoms with Crippen LogP contribution in [0.25, 0.3) is 5.57 Å². The fraction of sp³-hybridized carbons (Fsp3) is 0.500. The first-order valence-electron chi connectivity index (χ1n) is 4.16. The zero-order valence-corrected chi connectivity index (χ0v) is 8.94. The molecular formula is C6H12N8O2. The van der Waals surface area contributed by atoms with Gasteiger partial charge in [0, 0.05) is 5.57 Å². The van der Waals surface area contributed by atoms with E-state index >= 15 is 0 Å². The van der Waals surface area contributed by atoms with Gasteiger partial charge in [0.15, 0.2) is 0 Å². The zero-order valence-electron chi connectivity index (χ0n) is 8.94. The highest BCUT2D eigenvalue weighted by Gasteiger charge is 2.13. The molecular weight excluding hydrogens is 216 g/mol. The number of aromatic nitrogens is 4. The predicted molar refractivity (Wildman–Crippen MR) is 52.1 cm³/mol. The van der Waals surface area contributed by atoms with Crippen LogP contribution in [0.3, 0.4) is 0 Å². The smallest absolute Gasteiger partial charge is 0.219 e. The summed E-state index contributed by atoms with van der Waals surface area (Å²) in [6, 6.07) is 0. The van der Waals surface area contributed by atoms with Crippen molar-refractivity contribution in [3.63, 3.8) is 0 Å². The van der Waals surface area contributed by atoms with Crippen LogP contribution in [0.5, 0.6) is 0 Å². The Labute approximate surface area is 91.2 Å². The summed E-state index contributed by atoms with van der Waals surface area (Å²) >= 11 is 0. The largest absolute Gasteiger partial charge is 0.397 e. The van der Waals surface area contributed by atoms with Crippen molar-refractivity contribution in [3.8, 4) is 0 Å². The van der Waals surface area contributed by atoms with Crippen LogP contribution in [-0.2, 0) is 4.84 Å². The van der Waals surface area contributed by atoms with Crippen LogP contribution in [0.1, 0.15) is 5.82 Å². The first-order valence-corrected chi connectivity index (χ1v) is 4.16. The second-order valence-electron chi connectivity index (χ2n) is 2.56. The van der Waals surface area contributed by atoms with Crippen molar-refractivity contribution in [2.24, 2.45) is 16.3 Å². The molecule has 88 valence electrons. The lowest BCUT2D eigenvalue weighted by Gasteiger charge is -2.14. The minimum Gasteiger partial charge on any atom is -0.397 e. The van der Waals surface area contributed by atoms with E-state index in [2.05, 4.69) is 32.6 Å². The zero-order chi connectivity index (χ0) is 12.0. The maximum Gasteiger partial charge on any atom is 0.219 e. The molecule has 10 heteroatoms. The average molecular weight is 228 g/mol. The summed E-state index contributed by atoms with van der Waals surface area (Å²) in [4.78, 5) is 10.8. The number of rotatable bonds is 6. The summed E-state index contributed by atoms with van der Waals surface area (Å²) < 4.78 is 0. The first kappa shape index (κ1) is 11.8. The van der Waals surface area contributed by atoms with Gasteiger partial charge >= 0.3 is 0 Å². The third-order valence-corrected chi connectivity index (χ3v) is 1.62. The number of hydroxylamine groups is 1. The highest BCUT2D eigenvalue weighted by molar-refractivity contribution is 5.57. The molecule has 1 aromatic heterocycles. The summed E-state index contributed by atoms with van der Waals surface area (Å²) in [6.45, 7) is 3.96. The van der Waals surface area contributed by atoms with Crippen molar-refractivity contribution in [3.05, 3.63) is 12.4 Å². The van der Waals surface area contributed by atoms with Gasteiger partial charge < -0.3 is 10.7 Å². The van der Waals surface area contributed by atoms with E-state index in [9.17, 15) is 0 Å². The lowest BCUT2D eigenvalue weighted by atomic mass is 10.3. The van der Waals surface area contributed by atoms with Crippen LogP contribution < -0.4 is 10.7 Å². The van der Waals surface area contributed by atoms with Crippen LogP contribution in [0.2, 0.25) is 0 Å². The van der Waals surface area contributed by atoms with Gasteiger partial charge in [-0.3, -0.25) is 4.84 Å². The molecule has 10 nitrogen and oxygen atoms in total. The highest BCUT2D eigenvalue weighted by atomic mass is 16.7. The number of hydrogen-bond donors (Lipinski definition) is 1. The Kier molecular flexibility index (Phi) is 4.15. The molecule has 0 saturated carbocycles. The van der Waals surface area contributed by atoms with Crippen molar-refractivity contribution >= 4 is 5.57 Å². The molecule has 0 spiro atoms. The van der Waals surface area contributed by atoms with Gasteiger partial charge in [0.25, 0.3) is 0 Å². The minimum absolute atomic E-state index is 0.195. The van der Waals surface area contributed by atoms with Gasteiger partial charge in [-0.1, -0.05) is 16.6 Å². The van der Waals surface area contributed by atoms with Gasteiger partial charge in [-0.15, -0.1) is 10.3 Å². The maximum atomic E-state index is 4.89. The second-order valence-corrected chi connectivity index (χ2v) is 2.56. The van der Waals surface area contributed by atoms with Crippen molar-refractivity contribution in [1.82, 2.24) is 25.5 Å². The lowest BCUT2D eigenvalue weighted by Crippen LogP contribution is -2.20. The van der Waals surface area contributed by atoms with Crippen molar-refractivity contribution in [1.29, 1.82) is 0 Å². The molecule has 0 unspecified atom stereocenters. The average Bonchev–Trinajstić information content (AvgIpc) is 2.76. The van der Waals surface area contributed by atoms with Gasteiger partial charge in [-0.2, -0.15) is 0 Å². The third kappa shape index (κ3) is 2.63. The molecule has 0 aliphatic carbocycles. The van der Waals surface area contributed by atoms with E-state index in [4.69, 9.17) is 15.5 Å². The molecule has 0 bridgehead atoms. The maximum absolute atomic E-state index is 4.89. The SMILES string of the molecule is C=C(CN(/N=N\N)OC)c1nnnn1OC. The van der Waals surface area contributed by atoms with Gasteiger partial charge in [0.1, 0.15) is 7.11 Å². The molecule has 0 aliphatic rings. The van der Waals surface area contributed by atoms with Gasteiger partial charge in [0.05, 0.1) is 13.7 Å². The number of tetrazole rings is 1. The van der Waals surface area contributed by atoms with E-state index in [0.717, 1.165) is 10.0 Å². The molecule has 1 aromatic rings. The molecule has 0 atom stereocenters. The quantitative estimate of drug-likeness (QED) is 0.371. The molecule has 0 amide bonds. The molecule has 0 saturated heterocycles. The van der Waals surface area contributed by atoms with Crippen LogP contribution in [0.15, 0.2) is 17.0 Å². The number of nitrogens with two attached hydrogens (primary N) is 1. The van der Waals surface area contributed by atoms with Gasteiger partial charge in [-0.25, -0.2) is 0 Å². The second kappa shape index (κ2) is 5.60. The molecule has 0 aromatic carbocycles. The minimum atomic E-state index is 0.195. The molecule has 1 heterocycles. The summed E-state index contributed by atoms with van der Waals surface area (Å²) in [6.07, 6.45) is 0. The number of nitrogens with zero attached hydrogens (tertiary/aromatic N) is 7. The molecule has 1 rings (SSSR count). The van der Waals surface area contributed by atoms with Gasteiger partial charge in [-0.05, 0) is 15.7 Å². The Morgan fingerprint density at radius 2 is 2.38 bits per heavy atom. The van der Waals surface area contributed by atoms with Crippen LogP contribution >= 0.6 is 0 Å². The summed E-state index contributed by atoms with van der Waals surface area (Å²) in [5, 5.41) is 18.4. The summed E-state index contributed by atoms with van der Waals surface area (Å²) in [5.74, 6) is 5.25. The Morgan fingerprint density at radius 1 is 1.62 bits per heavy atom. The standard InChI is InChI=1S/C6H12N8O2/c1-5(4-13(15-2)11-9-7)6-8-10-12-14(6)16-3/h1,4H2,2-3H3,(H2,7,11). The normalized spacial score (nSPS) is 10.6. The first-order chi connectivity index (χ1) is 7.72. The monoisotopic (exact) mass is 228 g/mol. The van der Waals surface area contributed by atoms with Crippen molar-refractivity contribution in [2.75, 3.05) is 20.8 Å². The molecule has 0 fully saturated rings.